The molecule has 21 heavy (non-hydrogen) atoms. The van der Waals surface area contributed by atoms with Gasteiger partial charge in [0.2, 0.25) is 0 Å². The third-order valence-electron chi connectivity index (χ3n) is 4.56. The van der Waals surface area contributed by atoms with E-state index >= 15 is 0 Å². The fraction of sp³-hybridized carbons (Fsp3) is 0.571. The van der Waals surface area contributed by atoms with Gasteiger partial charge in [0, 0.05) is 12.2 Å². The van der Waals surface area contributed by atoms with Crippen LogP contribution in [0.5, 0.6) is 0 Å². The van der Waals surface area contributed by atoms with Crippen molar-refractivity contribution in [3.8, 4) is 0 Å². The van der Waals surface area contributed by atoms with Gasteiger partial charge in [-0.15, -0.1) is 0 Å². The first-order valence-corrected chi connectivity index (χ1v) is 7.19. The second kappa shape index (κ2) is 5.67. The zero-order chi connectivity index (χ0) is 14.8. The Morgan fingerprint density at radius 1 is 1.33 bits per heavy atom. The summed E-state index contributed by atoms with van der Waals surface area (Å²) in [6, 6.07) is 2.91. The molecule has 4 atom stereocenters. The Labute approximate surface area is 122 Å². The van der Waals surface area contributed by atoms with E-state index in [-0.39, 0.29) is 24.5 Å². The quantitative estimate of drug-likeness (QED) is 0.760. The van der Waals surface area contributed by atoms with Crippen molar-refractivity contribution in [1.82, 2.24) is 20.8 Å². The molecule has 3 N–H and O–H groups in total. The minimum atomic E-state index is -0.804. The number of hydrogen-bond donors (Lipinski definition) is 3. The first kappa shape index (κ1) is 13.8. The first-order valence-electron chi connectivity index (χ1n) is 7.19. The van der Waals surface area contributed by atoms with Gasteiger partial charge in [0.25, 0.3) is 0 Å². The van der Waals surface area contributed by atoms with Crippen LogP contribution in [0, 0.1) is 17.8 Å². The molecule has 2 amide bonds. The Morgan fingerprint density at radius 2 is 2.14 bits per heavy atom. The van der Waals surface area contributed by atoms with Crippen molar-refractivity contribution in [1.29, 1.82) is 0 Å². The van der Waals surface area contributed by atoms with E-state index in [0.717, 1.165) is 19.3 Å². The normalized spacial score (nSPS) is 30.1. The molecule has 2 aliphatic rings. The Kier molecular flexibility index (Phi) is 3.72. The van der Waals surface area contributed by atoms with Crippen LogP contribution in [0.4, 0.5) is 4.79 Å². The van der Waals surface area contributed by atoms with Crippen molar-refractivity contribution >= 4 is 12.0 Å². The van der Waals surface area contributed by atoms with Gasteiger partial charge in [-0.05, 0) is 43.2 Å². The number of amides is 2. The van der Waals surface area contributed by atoms with Crippen LogP contribution in [-0.4, -0.2) is 33.3 Å². The van der Waals surface area contributed by atoms with E-state index in [0.29, 0.717) is 11.6 Å². The van der Waals surface area contributed by atoms with Gasteiger partial charge in [-0.2, -0.15) is 10.2 Å². The number of carbonyl (C=O) groups is 2. The van der Waals surface area contributed by atoms with Gasteiger partial charge in [-0.3, -0.25) is 4.79 Å². The number of fused-ring (bicyclic) bond motifs is 2. The highest BCUT2D eigenvalue weighted by Crippen LogP contribution is 2.48. The first-order chi connectivity index (χ1) is 10.1. The lowest BCUT2D eigenvalue weighted by molar-refractivity contribution is -0.144. The number of aliphatic carboxylic acids is 1. The lowest BCUT2D eigenvalue weighted by atomic mass is 9.84. The summed E-state index contributed by atoms with van der Waals surface area (Å²) in [7, 11) is 0. The van der Waals surface area contributed by atoms with Crippen LogP contribution >= 0.6 is 0 Å². The summed E-state index contributed by atoms with van der Waals surface area (Å²) in [5.74, 6) is -0.761. The van der Waals surface area contributed by atoms with Crippen LogP contribution in [-0.2, 0) is 11.3 Å². The van der Waals surface area contributed by atoms with Crippen LogP contribution in [0.15, 0.2) is 18.3 Å². The molecule has 1 aromatic heterocycles. The highest BCUT2D eigenvalue weighted by molar-refractivity contribution is 5.77. The summed E-state index contributed by atoms with van der Waals surface area (Å²) < 4.78 is 0. The molecule has 0 spiro atoms. The zero-order valence-electron chi connectivity index (χ0n) is 11.5. The zero-order valence-corrected chi connectivity index (χ0v) is 11.5. The average molecular weight is 290 g/mol. The minimum Gasteiger partial charge on any atom is -0.481 e. The average Bonchev–Trinajstić information content (AvgIpc) is 3.07. The molecular weight excluding hydrogens is 272 g/mol. The Bertz CT molecular complexity index is 536. The summed E-state index contributed by atoms with van der Waals surface area (Å²) in [6.45, 7) is 0.276. The SMILES string of the molecule is O=C(NCc1cccnn1)NC1C2CCC(C2)C1C(=O)O. The van der Waals surface area contributed by atoms with Crippen LogP contribution in [0.2, 0.25) is 0 Å². The molecule has 1 aromatic rings. The third kappa shape index (κ3) is 2.81. The second-order valence-corrected chi connectivity index (χ2v) is 5.77. The maximum Gasteiger partial charge on any atom is 0.315 e. The molecule has 1 heterocycles. The topological polar surface area (TPSA) is 104 Å². The fourth-order valence-electron chi connectivity index (χ4n) is 3.66. The predicted octanol–water partition coefficient (Wildman–Crippen LogP) is 0.775. The van der Waals surface area contributed by atoms with E-state index in [2.05, 4.69) is 20.8 Å². The molecule has 0 aliphatic heterocycles. The molecule has 2 fully saturated rings. The van der Waals surface area contributed by atoms with E-state index in [1.54, 1.807) is 18.3 Å². The standard InChI is InChI=1S/C14H18N4O3/c19-13(20)11-8-3-4-9(6-8)12(11)17-14(21)15-7-10-2-1-5-16-18-10/h1-2,5,8-9,11-12H,3-4,6-7H2,(H,19,20)(H2,15,17,21). The molecule has 3 rings (SSSR count). The number of nitrogens with zero attached hydrogens (tertiary/aromatic N) is 2. The molecule has 7 heteroatoms. The second-order valence-electron chi connectivity index (χ2n) is 5.77. The van der Waals surface area contributed by atoms with Gasteiger partial charge < -0.3 is 15.7 Å². The van der Waals surface area contributed by atoms with E-state index in [9.17, 15) is 14.7 Å². The maximum atomic E-state index is 12.0. The summed E-state index contributed by atoms with van der Waals surface area (Å²) in [5, 5.41) is 22.5. The van der Waals surface area contributed by atoms with Crippen molar-refractivity contribution in [3.63, 3.8) is 0 Å². The maximum absolute atomic E-state index is 12.0. The van der Waals surface area contributed by atoms with Crippen molar-refractivity contribution in [2.45, 2.75) is 31.8 Å². The smallest absolute Gasteiger partial charge is 0.315 e. The molecule has 2 saturated carbocycles. The molecule has 0 radical (unpaired) electrons. The van der Waals surface area contributed by atoms with Crippen molar-refractivity contribution in [2.24, 2.45) is 17.8 Å². The number of aromatic nitrogens is 2. The van der Waals surface area contributed by atoms with Gasteiger partial charge in [-0.1, -0.05) is 0 Å². The van der Waals surface area contributed by atoms with Crippen molar-refractivity contribution in [3.05, 3.63) is 24.0 Å². The molecule has 4 unspecified atom stereocenters. The summed E-state index contributed by atoms with van der Waals surface area (Å²) >= 11 is 0. The third-order valence-corrected chi connectivity index (χ3v) is 4.56. The molecule has 0 aromatic carbocycles. The highest BCUT2D eigenvalue weighted by Gasteiger charge is 2.51. The minimum absolute atomic E-state index is 0.206. The number of rotatable bonds is 4. The van der Waals surface area contributed by atoms with Crippen LogP contribution in [0.3, 0.4) is 0 Å². The van der Waals surface area contributed by atoms with Gasteiger partial charge in [0.1, 0.15) is 0 Å². The van der Waals surface area contributed by atoms with Gasteiger partial charge >= 0.3 is 12.0 Å². The van der Waals surface area contributed by atoms with Gasteiger partial charge in [0.05, 0.1) is 18.2 Å². The van der Waals surface area contributed by atoms with Crippen molar-refractivity contribution < 1.29 is 14.7 Å². The number of nitrogens with one attached hydrogen (secondary N) is 2. The van der Waals surface area contributed by atoms with Gasteiger partial charge in [0.15, 0.2) is 0 Å². The summed E-state index contributed by atoms with van der Waals surface area (Å²) in [5.41, 5.74) is 0.662. The van der Waals surface area contributed by atoms with E-state index in [1.165, 1.54) is 0 Å². The van der Waals surface area contributed by atoms with Crippen molar-refractivity contribution in [2.75, 3.05) is 0 Å². The van der Waals surface area contributed by atoms with E-state index < -0.39 is 11.9 Å². The summed E-state index contributed by atoms with van der Waals surface area (Å²) in [4.78, 5) is 23.3. The summed E-state index contributed by atoms with van der Waals surface area (Å²) in [6.07, 6.45) is 4.44. The number of urea groups is 1. The molecule has 2 aliphatic carbocycles. The largest absolute Gasteiger partial charge is 0.481 e. The van der Waals surface area contributed by atoms with Crippen LogP contribution < -0.4 is 10.6 Å². The molecule has 0 saturated heterocycles. The lowest BCUT2D eigenvalue weighted by Crippen LogP contribution is -2.50. The Morgan fingerprint density at radius 3 is 2.86 bits per heavy atom. The number of carboxylic acid groups (broad SMARTS) is 1. The highest BCUT2D eigenvalue weighted by atomic mass is 16.4. The number of carboxylic acids is 1. The van der Waals surface area contributed by atoms with Gasteiger partial charge in [-0.25, -0.2) is 4.79 Å². The lowest BCUT2D eigenvalue weighted by Gasteiger charge is -2.28. The van der Waals surface area contributed by atoms with Crippen LogP contribution in [0.1, 0.15) is 25.0 Å². The molecular formula is C14H18N4O3. The molecule has 2 bridgehead atoms. The predicted molar refractivity (Wildman–Crippen MR) is 73.1 cm³/mol. The number of carbonyl (C=O) groups excluding carboxylic acids is 1. The van der Waals surface area contributed by atoms with E-state index in [4.69, 9.17) is 0 Å². The molecule has 112 valence electrons. The fourth-order valence-corrected chi connectivity index (χ4v) is 3.66. The molecule has 7 nitrogen and oxygen atoms in total. The Balaban J connectivity index is 1.56. The number of hydrogen-bond acceptors (Lipinski definition) is 4. The van der Waals surface area contributed by atoms with Crippen LogP contribution in [0.25, 0.3) is 0 Å². The Hall–Kier alpha value is -2.18. The van der Waals surface area contributed by atoms with E-state index in [1.807, 2.05) is 0 Å². The monoisotopic (exact) mass is 290 g/mol.